The van der Waals surface area contributed by atoms with E-state index < -0.39 is 12.2 Å². The largest absolute Gasteiger partial charge is 0.481 e. The number of carbonyl (C=O) groups is 4. The lowest BCUT2D eigenvalue weighted by atomic mass is 9.83. The first-order chi connectivity index (χ1) is 47.4. The topological polar surface area (TPSA) is 342 Å². The molecule has 11 heterocycles. The molecule has 5 aliphatic rings. The molecule has 5 fully saturated rings. The van der Waals surface area contributed by atoms with E-state index in [4.69, 9.17) is 9.47 Å². The summed E-state index contributed by atoms with van der Waals surface area (Å²) in [5, 5.41) is 27.9. The maximum Gasteiger partial charge on any atom is 0.388 e. The highest BCUT2D eigenvalue weighted by molar-refractivity contribution is 5.78. The van der Waals surface area contributed by atoms with Gasteiger partial charge in [-0.3, -0.25) is 38.4 Å². The van der Waals surface area contributed by atoms with Crippen LogP contribution >= 0.6 is 0 Å². The Labute approximate surface area is 567 Å². The second-order valence-electron chi connectivity index (χ2n) is 25.5. The molecule has 1 atom stereocenters. The van der Waals surface area contributed by atoms with Gasteiger partial charge in [0.15, 0.2) is 0 Å². The van der Waals surface area contributed by atoms with Crippen molar-refractivity contribution < 1.29 is 42.2 Å². The predicted molar refractivity (Wildman–Crippen MR) is 360 cm³/mol. The number of pyridine rings is 4. The first-order valence-corrected chi connectivity index (χ1v) is 32.3. The van der Waals surface area contributed by atoms with Crippen molar-refractivity contribution >= 4 is 35.3 Å². The standard InChI is InChI=1S/C18H21N5O3.C18H23N5O2.C17H16F2N4O3.C15H18N4O3/c1-2-19-16(24)10-23-17(25)6-4-14(21-23)13-3-5-15(20-9-13)22-8-7-18(22)11-26-12-18;1-4-19-16(24)10-23-17(25)8-6-14(21-23)13-5-7-15(20-9-13)22-11-18(2,3)12-22;18-16(19)26-14-3-1-10(8-20-14)11-2-4-15(25)23(22-11)9-13(24)21-12-7-17(12)5-6-17;1-10(2)17-13(20)9-19-15(21)7-5-12(18-19)11-4-6-14(22-3)16-8-11/h3-6,9H,2,7-8,10-12H2,1H3,(H,19,24);5-9H,4,10-12H2,1-3H3,(H,19,24);1-4,8,12,16H,5-7,9H2,(H,21,24);4-8,10H,9H2,1-3H3,(H,17,20). The van der Waals surface area contributed by atoms with E-state index >= 15 is 0 Å². The maximum atomic E-state index is 12.2. The van der Waals surface area contributed by atoms with E-state index in [0.717, 1.165) is 96.2 Å². The second-order valence-corrected chi connectivity index (χ2v) is 25.5. The fourth-order valence-electron chi connectivity index (χ4n) is 11.2. The molecule has 13 rings (SSSR count). The zero-order valence-electron chi connectivity index (χ0n) is 55.9. The van der Waals surface area contributed by atoms with Gasteiger partial charge in [0.05, 0.1) is 48.6 Å². The third kappa shape index (κ3) is 18.4. The molecular formula is C68H78F2N18O11. The molecule has 3 aliphatic heterocycles. The molecule has 99 heavy (non-hydrogen) atoms. The molecular weight excluding hydrogens is 1280 g/mol. The van der Waals surface area contributed by atoms with Crippen LogP contribution in [0.4, 0.5) is 20.4 Å². The van der Waals surface area contributed by atoms with Crippen molar-refractivity contribution in [2.45, 2.75) is 118 Å². The Kier molecular flexibility index (Phi) is 22.2. The van der Waals surface area contributed by atoms with Crippen LogP contribution in [0.3, 0.4) is 0 Å². The number of halogens is 2. The number of carbonyl (C=O) groups excluding carboxylic acids is 4. The Hall–Kier alpha value is -11.0. The van der Waals surface area contributed by atoms with Crippen LogP contribution in [0, 0.1) is 10.8 Å². The number of hydrogen-bond acceptors (Lipinski definition) is 21. The average Bonchev–Trinajstić information content (AvgIpc) is 1.60. The molecule has 0 aromatic carbocycles. The van der Waals surface area contributed by atoms with Crippen molar-refractivity contribution in [2.75, 3.05) is 62.8 Å². The summed E-state index contributed by atoms with van der Waals surface area (Å²) in [7, 11) is 1.54. The maximum absolute atomic E-state index is 12.2. The minimum absolute atomic E-state index is 0.0113. The van der Waals surface area contributed by atoms with E-state index in [1.54, 1.807) is 48.9 Å². The molecule has 8 aromatic heterocycles. The van der Waals surface area contributed by atoms with Gasteiger partial charge in [-0.25, -0.2) is 38.7 Å². The first-order valence-electron chi connectivity index (χ1n) is 32.3. The van der Waals surface area contributed by atoms with Crippen molar-refractivity contribution in [3.63, 3.8) is 0 Å². The Morgan fingerprint density at radius 3 is 1.31 bits per heavy atom. The van der Waals surface area contributed by atoms with Gasteiger partial charge in [-0.2, -0.15) is 29.2 Å². The monoisotopic (exact) mass is 1360 g/mol. The predicted octanol–water partition coefficient (Wildman–Crippen LogP) is 4.12. The number of alkyl halides is 2. The van der Waals surface area contributed by atoms with Crippen molar-refractivity contribution in [1.29, 1.82) is 0 Å². The van der Waals surface area contributed by atoms with Crippen molar-refractivity contribution in [3.05, 3.63) is 163 Å². The molecule has 8 aromatic rings. The zero-order valence-corrected chi connectivity index (χ0v) is 55.9. The van der Waals surface area contributed by atoms with Crippen molar-refractivity contribution in [3.8, 4) is 56.8 Å². The second kappa shape index (κ2) is 31.0. The fourth-order valence-corrected chi connectivity index (χ4v) is 11.2. The third-order valence-electron chi connectivity index (χ3n) is 16.8. The highest BCUT2D eigenvalue weighted by Crippen LogP contribution is 2.65. The van der Waals surface area contributed by atoms with Crippen molar-refractivity contribution in [2.24, 2.45) is 10.8 Å². The summed E-state index contributed by atoms with van der Waals surface area (Å²) in [6.07, 6.45) is 10.9. The van der Waals surface area contributed by atoms with Crippen molar-refractivity contribution in [1.82, 2.24) is 80.3 Å². The Bertz CT molecular complexity index is 4410. The van der Waals surface area contributed by atoms with Gasteiger partial charge in [0.1, 0.15) is 37.8 Å². The molecule has 2 aliphatic carbocycles. The summed E-state index contributed by atoms with van der Waals surface area (Å²) >= 11 is 0. The lowest BCUT2D eigenvalue weighted by Gasteiger charge is -2.58. The van der Waals surface area contributed by atoms with Gasteiger partial charge in [0.25, 0.3) is 22.2 Å². The summed E-state index contributed by atoms with van der Waals surface area (Å²) in [4.78, 5) is 116. The van der Waals surface area contributed by atoms with Gasteiger partial charge in [-0.15, -0.1) is 0 Å². The van der Waals surface area contributed by atoms with Crippen LogP contribution in [-0.4, -0.2) is 160 Å². The Morgan fingerprint density at radius 2 is 0.980 bits per heavy atom. The van der Waals surface area contributed by atoms with Gasteiger partial charge in [0.2, 0.25) is 35.4 Å². The van der Waals surface area contributed by atoms with Gasteiger partial charge in [-0.1, -0.05) is 13.8 Å². The number of rotatable bonds is 21. The van der Waals surface area contributed by atoms with E-state index in [0.29, 0.717) is 58.1 Å². The molecule has 29 nitrogen and oxygen atoms in total. The summed E-state index contributed by atoms with van der Waals surface area (Å²) in [5.41, 5.74) is 4.54. The highest BCUT2D eigenvalue weighted by Gasteiger charge is 2.63. The molecule has 520 valence electrons. The quantitative estimate of drug-likeness (QED) is 0.0786. The molecule has 0 radical (unpaired) electrons. The number of ether oxygens (including phenoxy) is 3. The zero-order chi connectivity index (χ0) is 70.6. The molecule has 4 N–H and O–H groups in total. The molecule has 2 saturated carbocycles. The van der Waals surface area contributed by atoms with Crippen LogP contribution in [0.5, 0.6) is 11.8 Å². The Balaban J connectivity index is 0.000000143. The van der Waals surface area contributed by atoms with Gasteiger partial charge in [-0.05, 0) is 125 Å². The molecule has 31 heteroatoms. The van der Waals surface area contributed by atoms with E-state index in [1.807, 2.05) is 52.0 Å². The first kappa shape index (κ1) is 70.8. The summed E-state index contributed by atoms with van der Waals surface area (Å²) in [5.74, 6) is 1.18. The van der Waals surface area contributed by atoms with E-state index in [-0.39, 0.29) is 90.0 Å². The third-order valence-corrected chi connectivity index (χ3v) is 16.8. The molecule has 4 amide bonds. The number of nitrogens with zero attached hydrogens (tertiary/aromatic N) is 14. The number of hydrogen-bond donors (Lipinski definition) is 4. The number of amides is 4. The highest BCUT2D eigenvalue weighted by atomic mass is 19.3. The summed E-state index contributed by atoms with van der Waals surface area (Å²) in [6, 6.07) is 26.3. The van der Waals surface area contributed by atoms with Crippen LogP contribution in [0.2, 0.25) is 0 Å². The van der Waals surface area contributed by atoms with Crippen LogP contribution in [0.15, 0.2) is 141 Å². The average molecular weight is 1360 g/mol. The van der Waals surface area contributed by atoms with Gasteiger partial charge < -0.3 is 45.3 Å². The van der Waals surface area contributed by atoms with Crippen LogP contribution < -0.4 is 62.8 Å². The molecule has 3 saturated heterocycles. The number of methoxy groups -OCH3 is 1. The van der Waals surface area contributed by atoms with Crippen LogP contribution in [0.1, 0.15) is 67.2 Å². The fraction of sp³-hybridized carbons (Fsp3) is 0.412. The smallest absolute Gasteiger partial charge is 0.388 e. The van der Waals surface area contributed by atoms with Gasteiger partial charge in [0, 0.05) is 128 Å². The number of aromatic nitrogens is 12. The molecule has 0 bridgehead atoms. The lowest BCUT2D eigenvalue weighted by Crippen LogP contribution is -2.71. The SMILES string of the molecule is CCNC(=O)Cn1nc(-c2ccc(N3CC(C)(C)C3)nc2)ccc1=O.CCNC(=O)Cn1nc(-c2ccc(N3CCC34COC4)nc2)ccc1=O.COc1ccc(-c2ccc(=O)n(CC(=O)NC(C)C)n2)cn1.O=C(Cn1nc(-c2ccc(OC(F)F)nc2)ccc1=O)NC1CC12CC2. The van der Waals surface area contributed by atoms with E-state index in [1.165, 1.54) is 65.1 Å². The minimum Gasteiger partial charge on any atom is -0.481 e. The van der Waals surface area contributed by atoms with E-state index in [2.05, 4.69) is 90.0 Å². The normalized spacial score (nSPS) is 16.0. The minimum atomic E-state index is -2.95. The van der Waals surface area contributed by atoms with Crippen LogP contribution in [-0.2, 0) is 50.1 Å². The number of likely N-dealkylation sites (N-methyl/N-ethyl adjacent to an activating group) is 2. The lowest BCUT2D eigenvalue weighted by molar-refractivity contribution is -0.123. The molecule has 1 unspecified atom stereocenters. The number of nitrogens with one attached hydrogen (secondary N) is 4. The Morgan fingerprint density at radius 1 is 0.556 bits per heavy atom. The summed E-state index contributed by atoms with van der Waals surface area (Å²) in [6.45, 7) is 14.0. The van der Waals surface area contributed by atoms with E-state index in [9.17, 15) is 47.1 Å². The van der Waals surface area contributed by atoms with Crippen LogP contribution in [0.25, 0.3) is 45.0 Å². The number of anilines is 2. The molecule has 2 spiro atoms. The summed E-state index contributed by atoms with van der Waals surface area (Å²) < 4.78 is 43.4. The van der Waals surface area contributed by atoms with Gasteiger partial charge >= 0.3 is 6.61 Å².